The summed E-state index contributed by atoms with van der Waals surface area (Å²) in [5.41, 5.74) is 5.07. The second-order valence-electron chi connectivity index (χ2n) is 6.97. The molecular formula is C17H25FN3O3S+. The summed E-state index contributed by atoms with van der Waals surface area (Å²) in [5.74, 6) is -0.803. The number of nitrogens with two attached hydrogens (primary N) is 1. The molecule has 0 bridgehead atoms. The highest BCUT2D eigenvalue weighted by Crippen LogP contribution is 2.25. The number of halogens is 1. The van der Waals surface area contributed by atoms with Crippen molar-refractivity contribution in [3.63, 3.8) is 0 Å². The van der Waals surface area contributed by atoms with Crippen LogP contribution in [0.1, 0.15) is 32.1 Å². The van der Waals surface area contributed by atoms with Crippen molar-refractivity contribution in [3.8, 4) is 0 Å². The second kappa shape index (κ2) is 7.01. The average Bonchev–Trinajstić information content (AvgIpc) is 2.62. The minimum atomic E-state index is -3.68. The molecule has 8 heteroatoms. The molecule has 0 atom stereocenters. The smallest absolute Gasteiger partial charge is 0.278 e. The summed E-state index contributed by atoms with van der Waals surface area (Å²) in [6.07, 6.45) is 4.17. The maximum Gasteiger partial charge on any atom is 0.278 e. The molecule has 0 aromatic heterocycles. The van der Waals surface area contributed by atoms with Crippen LogP contribution >= 0.6 is 0 Å². The molecule has 1 aromatic carbocycles. The van der Waals surface area contributed by atoms with Crippen molar-refractivity contribution in [1.82, 2.24) is 4.31 Å². The van der Waals surface area contributed by atoms with Crippen molar-refractivity contribution < 1.29 is 22.5 Å². The molecule has 0 saturated carbocycles. The van der Waals surface area contributed by atoms with Crippen LogP contribution in [0.3, 0.4) is 0 Å². The summed E-state index contributed by atoms with van der Waals surface area (Å²) in [4.78, 5) is 13.5. The zero-order chi connectivity index (χ0) is 18.1. The van der Waals surface area contributed by atoms with Crippen molar-refractivity contribution in [1.29, 1.82) is 0 Å². The summed E-state index contributed by atoms with van der Waals surface area (Å²) in [7, 11) is -3.68. The second-order valence-corrected chi connectivity index (χ2v) is 8.91. The predicted molar refractivity (Wildman–Crippen MR) is 90.9 cm³/mol. The van der Waals surface area contributed by atoms with Gasteiger partial charge in [-0.3, -0.25) is 4.79 Å². The van der Waals surface area contributed by atoms with E-state index in [1.807, 2.05) is 0 Å². The largest absolute Gasteiger partial charge is 0.364 e. The third-order valence-corrected chi connectivity index (χ3v) is 7.55. The molecule has 1 aromatic rings. The molecule has 3 rings (SSSR count). The lowest BCUT2D eigenvalue weighted by Crippen LogP contribution is -3.22. The highest BCUT2D eigenvalue weighted by atomic mass is 32.2. The van der Waals surface area contributed by atoms with E-state index < -0.39 is 21.4 Å². The van der Waals surface area contributed by atoms with E-state index in [0.29, 0.717) is 12.8 Å². The van der Waals surface area contributed by atoms with E-state index in [4.69, 9.17) is 5.73 Å². The van der Waals surface area contributed by atoms with Crippen molar-refractivity contribution >= 4 is 15.9 Å². The number of carbonyl (C=O) groups excluding carboxylic acids is 1. The molecule has 2 fully saturated rings. The minimum absolute atomic E-state index is 0.0748. The molecule has 0 radical (unpaired) electrons. The van der Waals surface area contributed by atoms with E-state index >= 15 is 0 Å². The lowest BCUT2D eigenvalue weighted by molar-refractivity contribution is -0.948. The fourth-order valence-electron chi connectivity index (χ4n) is 4.10. The Labute approximate surface area is 147 Å². The van der Waals surface area contributed by atoms with Gasteiger partial charge in [-0.2, -0.15) is 4.31 Å². The van der Waals surface area contributed by atoms with Gasteiger partial charge in [0.15, 0.2) is 5.54 Å². The average molecular weight is 370 g/mol. The number of hydrogen-bond donors (Lipinski definition) is 2. The van der Waals surface area contributed by atoms with Crippen LogP contribution in [0.25, 0.3) is 0 Å². The van der Waals surface area contributed by atoms with Crippen LogP contribution in [0, 0.1) is 5.82 Å². The molecule has 3 N–H and O–H groups in total. The standard InChI is InChI=1S/C17H24FN3O3S/c18-14-4-6-15(7-5-14)25(23,24)21-12-8-17(9-13-21,16(19)22)20-10-2-1-3-11-20/h4-7H,1-3,8-13H2,(H2,19,22)/p+1. The van der Waals surface area contributed by atoms with Crippen LogP contribution in [0.5, 0.6) is 0 Å². The van der Waals surface area contributed by atoms with Crippen molar-refractivity contribution in [2.24, 2.45) is 5.73 Å². The predicted octanol–water partition coefficient (Wildman–Crippen LogP) is -0.0969. The first-order valence-electron chi connectivity index (χ1n) is 8.77. The zero-order valence-corrected chi connectivity index (χ0v) is 15.0. The Morgan fingerprint density at radius 3 is 2.16 bits per heavy atom. The van der Waals surface area contributed by atoms with Crippen molar-refractivity contribution in [2.75, 3.05) is 26.2 Å². The number of hydrogen-bond acceptors (Lipinski definition) is 3. The molecule has 138 valence electrons. The zero-order valence-electron chi connectivity index (χ0n) is 14.2. The first-order valence-corrected chi connectivity index (χ1v) is 10.2. The quantitative estimate of drug-likeness (QED) is 0.776. The Hall–Kier alpha value is -1.51. The topological polar surface area (TPSA) is 84.9 Å². The molecule has 25 heavy (non-hydrogen) atoms. The van der Waals surface area contributed by atoms with Crippen molar-refractivity contribution in [2.45, 2.75) is 42.5 Å². The molecule has 6 nitrogen and oxygen atoms in total. The number of primary amides is 1. The van der Waals surface area contributed by atoms with Crippen LogP contribution < -0.4 is 10.6 Å². The van der Waals surface area contributed by atoms with Crippen LogP contribution in [-0.4, -0.2) is 50.3 Å². The molecule has 0 spiro atoms. The Balaban J connectivity index is 1.77. The summed E-state index contributed by atoms with van der Waals surface area (Å²) in [5, 5.41) is 0. The molecular weight excluding hydrogens is 345 g/mol. The van der Waals surface area contributed by atoms with Gasteiger partial charge in [-0.1, -0.05) is 0 Å². The molecule has 0 aliphatic carbocycles. The first-order chi connectivity index (χ1) is 11.9. The molecule has 2 saturated heterocycles. The maximum atomic E-state index is 13.1. The number of quaternary nitrogens is 1. The first kappa shape index (κ1) is 18.3. The van der Waals surface area contributed by atoms with Gasteiger partial charge in [0.25, 0.3) is 5.91 Å². The summed E-state index contributed by atoms with van der Waals surface area (Å²) < 4.78 is 39.9. The lowest BCUT2D eigenvalue weighted by Gasteiger charge is -2.44. The number of amides is 1. The highest BCUT2D eigenvalue weighted by Gasteiger charge is 2.50. The third-order valence-electron chi connectivity index (χ3n) is 5.63. The van der Waals surface area contributed by atoms with Crippen molar-refractivity contribution in [3.05, 3.63) is 30.1 Å². The van der Waals surface area contributed by atoms with Gasteiger partial charge in [0, 0.05) is 25.9 Å². The van der Waals surface area contributed by atoms with Gasteiger partial charge in [-0.05, 0) is 43.5 Å². The number of rotatable bonds is 4. The summed E-state index contributed by atoms with van der Waals surface area (Å²) >= 11 is 0. The minimum Gasteiger partial charge on any atom is -0.364 e. The van der Waals surface area contributed by atoms with E-state index in [2.05, 4.69) is 0 Å². The Morgan fingerprint density at radius 2 is 1.64 bits per heavy atom. The van der Waals surface area contributed by atoms with Crippen LogP contribution in [0.15, 0.2) is 29.2 Å². The number of piperidine rings is 2. The number of nitrogens with zero attached hydrogens (tertiary/aromatic N) is 1. The SMILES string of the molecule is NC(=O)C1([NH+]2CCCCC2)CCN(S(=O)(=O)c2ccc(F)cc2)CC1. The Kier molecular flexibility index (Phi) is 5.13. The number of benzene rings is 1. The van der Waals surface area contributed by atoms with E-state index in [-0.39, 0.29) is 23.9 Å². The summed E-state index contributed by atoms with van der Waals surface area (Å²) in [6.45, 7) is 2.33. The van der Waals surface area contributed by atoms with Gasteiger partial charge in [0.2, 0.25) is 10.0 Å². The molecule has 1 amide bonds. The normalized spacial score (nSPS) is 22.6. The maximum absolute atomic E-state index is 13.1. The number of carbonyl (C=O) groups is 1. The highest BCUT2D eigenvalue weighted by molar-refractivity contribution is 7.89. The van der Waals surface area contributed by atoms with E-state index in [1.54, 1.807) is 0 Å². The monoisotopic (exact) mass is 370 g/mol. The van der Waals surface area contributed by atoms with E-state index in [0.717, 1.165) is 38.1 Å². The van der Waals surface area contributed by atoms with Crippen LogP contribution in [-0.2, 0) is 14.8 Å². The van der Waals surface area contributed by atoms with E-state index in [1.165, 1.54) is 27.8 Å². The van der Waals surface area contributed by atoms with Gasteiger partial charge in [0.05, 0.1) is 18.0 Å². The van der Waals surface area contributed by atoms with Gasteiger partial charge in [-0.25, -0.2) is 12.8 Å². The Morgan fingerprint density at radius 1 is 1.08 bits per heavy atom. The molecule has 2 heterocycles. The van der Waals surface area contributed by atoms with Gasteiger partial charge >= 0.3 is 0 Å². The van der Waals surface area contributed by atoms with E-state index in [9.17, 15) is 17.6 Å². The molecule has 2 aliphatic rings. The molecule has 2 aliphatic heterocycles. The third kappa shape index (κ3) is 3.43. The summed E-state index contributed by atoms with van der Waals surface area (Å²) in [6, 6.07) is 4.83. The fraction of sp³-hybridized carbons (Fsp3) is 0.588. The van der Waals surface area contributed by atoms with Gasteiger partial charge < -0.3 is 10.6 Å². The number of likely N-dealkylation sites (tertiary alicyclic amines) is 1. The van der Waals surface area contributed by atoms with Gasteiger partial charge in [-0.15, -0.1) is 0 Å². The van der Waals surface area contributed by atoms with Crippen LogP contribution in [0.4, 0.5) is 4.39 Å². The molecule has 0 unspecified atom stereocenters. The van der Waals surface area contributed by atoms with Crippen LogP contribution in [0.2, 0.25) is 0 Å². The lowest BCUT2D eigenvalue weighted by atomic mass is 9.84. The van der Waals surface area contributed by atoms with Gasteiger partial charge in [0.1, 0.15) is 5.82 Å². The number of nitrogens with one attached hydrogen (secondary N) is 1. The number of sulfonamides is 1. The fourth-order valence-corrected chi connectivity index (χ4v) is 5.54. The Bertz CT molecular complexity index is 722.